The molecular formula is C58H29N5. The summed E-state index contributed by atoms with van der Waals surface area (Å²) in [4.78, 5) is 10.3. The Bertz CT molecular complexity index is 3740. The summed E-state index contributed by atoms with van der Waals surface area (Å²) < 4.78 is 0. The van der Waals surface area contributed by atoms with E-state index in [0.29, 0.717) is 22.5 Å². The average molecular weight is 796 g/mol. The van der Waals surface area contributed by atoms with Gasteiger partial charge in [0.05, 0.1) is 31.0 Å². The minimum absolute atomic E-state index is 0.399. The van der Waals surface area contributed by atoms with E-state index in [-0.39, 0.29) is 0 Å². The van der Waals surface area contributed by atoms with E-state index in [1.165, 1.54) is 5.39 Å². The summed E-state index contributed by atoms with van der Waals surface area (Å²) in [7, 11) is 0. The molecule has 0 heterocycles. The van der Waals surface area contributed by atoms with Crippen molar-refractivity contribution in [1.29, 1.82) is 10.5 Å². The molecule has 0 unspecified atom stereocenters. The van der Waals surface area contributed by atoms with Gasteiger partial charge in [0.15, 0.2) is 11.4 Å². The summed E-state index contributed by atoms with van der Waals surface area (Å²) in [5, 5.41) is 30.8. The van der Waals surface area contributed by atoms with Gasteiger partial charge in [0.1, 0.15) is 0 Å². The van der Waals surface area contributed by atoms with Crippen molar-refractivity contribution in [3.05, 3.63) is 210 Å². The molecule has 0 aliphatic heterocycles. The molecule has 5 heteroatoms. The molecule has 11 aromatic carbocycles. The maximum Gasteiger partial charge on any atom is 0.196 e. The van der Waals surface area contributed by atoms with Crippen LogP contribution in [0.25, 0.3) is 108 Å². The summed E-state index contributed by atoms with van der Waals surface area (Å²) >= 11 is 0. The highest BCUT2D eigenvalue weighted by Gasteiger charge is 2.33. The Balaban J connectivity index is 1.22. The van der Waals surface area contributed by atoms with E-state index in [2.05, 4.69) is 142 Å². The summed E-state index contributed by atoms with van der Waals surface area (Å²) in [5.74, 6) is 0. The summed E-state index contributed by atoms with van der Waals surface area (Å²) in [6, 6.07) is 64.6. The van der Waals surface area contributed by atoms with Crippen LogP contribution in [0.4, 0.5) is 28.4 Å². The first kappa shape index (κ1) is 35.7. The number of hydrogen-bond donors (Lipinski definition) is 0. The molecule has 0 amide bonds. The predicted octanol–water partition coefficient (Wildman–Crippen LogP) is 16.2. The van der Waals surface area contributed by atoms with Gasteiger partial charge in [0, 0.05) is 27.9 Å². The van der Waals surface area contributed by atoms with Gasteiger partial charge in [-0.1, -0.05) is 121 Å². The second kappa shape index (κ2) is 13.6. The molecule has 0 bridgehead atoms. The van der Waals surface area contributed by atoms with E-state index in [1.54, 1.807) is 24.3 Å². The molecule has 0 radical (unpaired) electrons. The van der Waals surface area contributed by atoms with E-state index >= 15 is 0 Å². The predicted molar refractivity (Wildman–Crippen MR) is 257 cm³/mol. The largest absolute Gasteiger partial charge is 0.310 e. The molecular weight excluding hydrogens is 767 g/mol. The molecule has 0 fully saturated rings. The van der Waals surface area contributed by atoms with Gasteiger partial charge >= 0.3 is 0 Å². The maximum absolute atomic E-state index is 9.87. The zero-order chi connectivity index (χ0) is 42.3. The minimum atomic E-state index is 0.399. The molecule has 0 saturated heterocycles. The van der Waals surface area contributed by atoms with Crippen LogP contribution >= 0.6 is 0 Å². The zero-order valence-electron chi connectivity index (χ0n) is 33.5. The van der Waals surface area contributed by atoms with Crippen molar-refractivity contribution in [2.24, 2.45) is 0 Å². The average Bonchev–Trinajstić information content (AvgIpc) is 3.68. The molecule has 0 N–H and O–H groups in total. The minimum Gasteiger partial charge on any atom is -0.310 e. The maximum atomic E-state index is 9.87. The van der Waals surface area contributed by atoms with Crippen molar-refractivity contribution >= 4 is 82.3 Å². The van der Waals surface area contributed by atoms with Gasteiger partial charge in [-0.15, -0.1) is 0 Å². The van der Waals surface area contributed by atoms with Crippen LogP contribution < -0.4 is 4.90 Å². The molecule has 11 aromatic rings. The monoisotopic (exact) mass is 795 g/mol. The van der Waals surface area contributed by atoms with Crippen LogP contribution in [0, 0.1) is 35.8 Å². The first-order chi connectivity index (χ1) is 31.1. The van der Waals surface area contributed by atoms with E-state index in [1.807, 2.05) is 36.4 Å². The molecule has 12 rings (SSSR count). The van der Waals surface area contributed by atoms with Crippen LogP contribution in [0.15, 0.2) is 176 Å². The van der Waals surface area contributed by atoms with Gasteiger partial charge in [-0.3, -0.25) is 0 Å². The molecule has 1 aliphatic rings. The number of nitrogens with zero attached hydrogens (tertiary/aromatic N) is 5. The zero-order valence-corrected chi connectivity index (χ0v) is 33.5. The third-order valence-electron chi connectivity index (χ3n) is 12.8. The fourth-order valence-corrected chi connectivity index (χ4v) is 10.3. The Morgan fingerprint density at radius 3 is 1.30 bits per heavy atom. The van der Waals surface area contributed by atoms with Crippen molar-refractivity contribution in [2.45, 2.75) is 0 Å². The van der Waals surface area contributed by atoms with Crippen LogP contribution in [0.1, 0.15) is 11.1 Å². The second-order valence-corrected chi connectivity index (χ2v) is 15.9. The van der Waals surface area contributed by atoms with Gasteiger partial charge in [-0.25, -0.2) is 9.69 Å². The molecule has 63 heavy (non-hydrogen) atoms. The third kappa shape index (κ3) is 5.00. The van der Waals surface area contributed by atoms with E-state index in [4.69, 9.17) is 13.1 Å². The number of anilines is 3. The van der Waals surface area contributed by atoms with Gasteiger partial charge in [0.25, 0.3) is 0 Å². The molecule has 0 saturated carbocycles. The van der Waals surface area contributed by atoms with Gasteiger partial charge in [-0.05, 0) is 148 Å². The first-order valence-corrected chi connectivity index (χ1v) is 20.6. The lowest BCUT2D eigenvalue weighted by Gasteiger charge is -2.27. The number of hydrogen-bond acceptors (Lipinski definition) is 3. The Morgan fingerprint density at radius 1 is 0.365 bits per heavy atom. The number of benzene rings is 11. The van der Waals surface area contributed by atoms with Gasteiger partial charge in [-0.2, -0.15) is 10.5 Å². The van der Waals surface area contributed by atoms with E-state index in [0.717, 1.165) is 110 Å². The Kier molecular flexibility index (Phi) is 7.72. The molecule has 0 atom stereocenters. The Labute approximate surface area is 362 Å². The second-order valence-electron chi connectivity index (χ2n) is 15.9. The Morgan fingerprint density at radius 2 is 0.794 bits per heavy atom. The molecule has 5 nitrogen and oxygen atoms in total. The third-order valence-corrected chi connectivity index (χ3v) is 12.8. The summed E-state index contributed by atoms with van der Waals surface area (Å²) in [6.07, 6.45) is 0. The van der Waals surface area contributed by atoms with Gasteiger partial charge < -0.3 is 4.90 Å². The van der Waals surface area contributed by atoms with Gasteiger partial charge in [0.2, 0.25) is 0 Å². The molecule has 286 valence electrons. The number of fused-ring (bicyclic) bond motifs is 6. The topological polar surface area (TPSA) is 59.5 Å². The van der Waals surface area contributed by atoms with E-state index in [9.17, 15) is 10.5 Å². The highest BCUT2D eigenvalue weighted by atomic mass is 15.1. The Hall–Kier alpha value is -9.26. The fraction of sp³-hybridized carbons (Fsp3) is 0. The smallest absolute Gasteiger partial charge is 0.196 e. The van der Waals surface area contributed by atoms with Crippen molar-refractivity contribution in [3.8, 4) is 56.6 Å². The fourth-order valence-electron chi connectivity index (χ4n) is 10.3. The lowest BCUT2D eigenvalue weighted by Crippen LogP contribution is -2.10. The van der Waals surface area contributed by atoms with Crippen molar-refractivity contribution in [1.82, 2.24) is 0 Å². The van der Waals surface area contributed by atoms with E-state index < -0.39 is 0 Å². The van der Waals surface area contributed by atoms with Crippen molar-refractivity contribution in [2.75, 3.05) is 4.90 Å². The number of rotatable bonds is 5. The van der Waals surface area contributed by atoms with Crippen LogP contribution in [0.2, 0.25) is 0 Å². The lowest BCUT2D eigenvalue weighted by molar-refractivity contribution is 1.30. The first-order valence-electron chi connectivity index (χ1n) is 20.6. The molecule has 1 aliphatic carbocycles. The molecule has 0 spiro atoms. The number of para-hydroxylation sites is 2. The highest BCUT2D eigenvalue weighted by molar-refractivity contribution is 6.40. The lowest BCUT2D eigenvalue weighted by atomic mass is 9.81. The highest BCUT2D eigenvalue weighted by Crippen LogP contribution is 2.61. The quantitative estimate of drug-likeness (QED) is 0.0990. The SMILES string of the molecule is [C-]#[N+]c1cc(C#N)ccc1-c1c2c(c(-c3ccc(C#N)cc3[N+]#[C-])c3ccccc13)-c1ccc3c4ccc(N(c5ccccc5)c5ccccc5)c5cccc(c6ccc-2c1c63)c54. The van der Waals surface area contributed by atoms with Crippen molar-refractivity contribution in [3.63, 3.8) is 0 Å². The summed E-state index contributed by atoms with van der Waals surface area (Å²) in [6.45, 7) is 16.7. The standard InChI is InChI=1S/C58H29N5/c1-61-49-30-34(32-59)20-22-44(49)54-39-16-9-10-17-40(39)55(45-23-21-35(33-60)31-50(45)62-2)58-48-27-25-43-41-28-29-51(63(36-12-5-3-6-13-36)37-14-7-4-8-15-37)46-19-11-18-38(52(41)46)42-24-26-47(57(54)58)56(48)53(42)43/h3-31H. The summed E-state index contributed by atoms with van der Waals surface area (Å²) in [5.41, 5.74) is 12.3. The normalized spacial score (nSPS) is 11.4. The van der Waals surface area contributed by atoms with Crippen molar-refractivity contribution < 1.29 is 0 Å². The van der Waals surface area contributed by atoms with Crippen LogP contribution in [-0.4, -0.2) is 0 Å². The molecule has 0 aromatic heterocycles. The van der Waals surface area contributed by atoms with Crippen LogP contribution in [0.3, 0.4) is 0 Å². The van der Waals surface area contributed by atoms with Crippen LogP contribution in [0.5, 0.6) is 0 Å². The number of nitriles is 2. The van der Waals surface area contributed by atoms with Crippen LogP contribution in [-0.2, 0) is 0 Å².